The number of piperazine rings is 1. The quantitative estimate of drug-likeness (QED) is 0.376. The number of hydrogen-bond acceptors (Lipinski definition) is 4. The predicted molar refractivity (Wildman–Crippen MR) is 98.2 cm³/mol. The van der Waals surface area contributed by atoms with Crippen molar-refractivity contribution in [2.45, 2.75) is 39.2 Å². The normalized spacial score (nSPS) is 18.2. The van der Waals surface area contributed by atoms with Gasteiger partial charge in [0.15, 0.2) is 5.96 Å². The van der Waals surface area contributed by atoms with Crippen LogP contribution in [-0.2, 0) is 4.74 Å². The number of methoxy groups -OCH3 is 1. The molecule has 0 spiro atoms. The topological polar surface area (TPSA) is 52.1 Å². The molecule has 0 aliphatic carbocycles. The van der Waals surface area contributed by atoms with E-state index in [0.717, 1.165) is 19.0 Å². The summed E-state index contributed by atoms with van der Waals surface area (Å²) in [6, 6.07) is 0. The molecule has 6 heteroatoms. The second-order valence-corrected chi connectivity index (χ2v) is 6.80. The first-order valence-corrected chi connectivity index (χ1v) is 8.95. The molecule has 0 saturated carbocycles. The fourth-order valence-electron chi connectivity index (χ4n) is 2.59. The molecule has 136 valence electrons. The smallest absolute Gasteiger partial charge is 0.191 e. The highest BCUT2D eigenvalue weighted by Crippen LogP contribution is 2.04. The van der Waals surface area contributed by atoms with Crippen molar-refractivity contribution in [3.8, 4) is 0 Å². The lowest BCUT2D eigenvalue weighted by molar-refractivity contribution is 0.0268. The van der Waals surface area contributed by atoms with Gasteiger partial charge in [-0.25, -0.2) is 0 Å². The molecule has 1 aliphatic rings. The van der Waals surface area contributed by atoms with Gasteiger partial charge in [0.05, 0.1) is 5.60 Å². The van der Waals surface area contributed by atoms with Gasteiger partial charge in [-0.1, -0.05) is 6.92 Å². The molecule has 23 heavy (non-hydrogen) atoms. The molecular formula is C17H37N5O. The number of nitrogens with one attached hydrogen (secondary N) is 2. The van der Waals surface area contributed by atoms with E-state index >= 15 is 0 Å². The van der Waals surface area contributed by atoms with Crippen molar-refractivity contribution in [1.82, 2.24) is 20.4 Å². The van der Waals surface area contributed by atoms with Crippen LogP contribution in [0.1, 0.15) is 33.6 Å². The van der Waals surface area contributed by atoms with E-state index in [0.29, 0.717) is 0 Å². The molecule has 1 heterocycles. The van der Waals surface area contributed by atoms with Crippen LogP contribution in [-0.4, -0.2) is 87.9 Å². The van der Waals surface area contributed by atoms with Crippen LogP contribution in [0.4, 0.5) is 0 Å². The van der Waals surface area contributed by atoms with Gasteiger partial charge in [-0.05, 0) is 39.8 Å². The van der Waals surface area contributed by atoms with E-state index in [1.807, 2.05) is 7.05 Å². The minimum atomic E-state index is -0.182. The maximum absolute atomic E-state index is 5.40. The van der Waals surface area contributed by atoms with Crippen molar-refractivity contribution in [3.63, 3.8) is 0 Å². The fraction of sp³-hybridized carbons (Fsp3) is 0.941. The van der Waals surface area contributed by atoms with E-state index in [-0.39, 0.29) is 5.60 Å². The van der Waals surface area contributed by atoms with Crippen LogP contribution >= 0.6 is 0 Å². The Morgan fingerprint density at radius 3 is 2.30 bits per heavy atom. The van der Waals surface area contributed by atoms with Crippen molar-refractivity contribution >= 4 is 5.96 Å². The van der Waals surface area contributed by atoms with Gasteiger partial charge in [-0.3, -0.25) is 4.99 Å². The Bertz CT molecular complexity index is 338. The third-order valence-electron chi connectivity index (χ3n) is 4.56. The second kappa shape index (κ2) is 10.8. The van der Waals surface area contributed by atoms with Crippen LogP contribution in [0.25, 0.3) is 0 Å². The van der Waals surface area contributed by atoms with Gasteiger partial charge >= 0.3 is 0 Å². The van der Waals surface area contributed by atoms with Gasteiger partial charge in [0, 0.05) is 53.4 Å². The lowest BCUT2D eigenvalue weighted by Gasteiger charge is -2.34. The van der Waals surface area contributed by atoms with Gasteiger partial charge in [-0.2, -0.15) is 0 Å². The molecule has 6 nitrogen and oxygen atoms in total. The van der Waals surface area contributed by atoms with Crippen LogP contribution < -0.4 is 10.6 Å². The Morgan fingerprint density at radius 1 is 1.09 bits per heavy atom. The van der Waals surface area contributed by atoms with Crippen LogP contribution in [0.2, 0.25) is 0 Å². The Hall–Kier alpha value is -0.850. The second-order valence-electron chi connectivity index (χ2n) is 6.80. The lowest BCUT2D eigenvalue weighted by Crippen LogP contribution is -2.46. The minimum absolute atomic E-state index is 0.182. The fourth-order valence-corrected chi connectivity index (χ4v) is 2.59. The van der Waals surface area contributed by atoms with E-state index in [4.69, 9.17) is 4.74 Å². The summed E-state index contributed by atoms with van der Waals surface area (Å²) in [6.45, 7) is 15.3. The Labute approximate surface area is 142 Å². The standard InChI is InChI=1S/C17H37N5O/c1-6-21-11-13-22(14-12-21)10-8-7-9-19-16(18-4)20-15-17(2,3)23-5/h6-15H2,1-5H3,(H2,18,19,20). The molecule has 0 aromatic rings. The van der Waals surface area contributed by atoms with E-state index < -0.39 is 0 Å². The number of nitrogens with zero attached hydrogens (tertiary/aromatic N) is 3. The Morgan fingerprint density at radius 2 is 1.74 bits per heavy atom. The van der Waals surface area contributed by atoms with Gasteiger partial charge in [-0.15, -0.1) is 0 Å². The molecule has 1 aliphatic heterocycles. The summed E-state index contributed by atoms with van der Waals surface area (Å²) in [5.41, 5.74) is -0.182. The molecule has 2 N–H and O–H groups in total. The van der Waals surface area contributed by atoms with E-state index in [1.165, 1.54) is 52.1 Å². The molecule has 1 saturated heterocycles. The summed E-state index contributed by atoms with van der Waals surface area (Å²) < 4.78 is 5.40. The highest BCUT2D eigenvalue weighted by atomic mass is 16.5. The third kappa shape index (κ3) is 8.53. The van der Waals surface area contributed by atoms with Crippen molar-refractivity contribution < 1.29 is 4.74 Å². The third-order valence-corrected chi connectivity index (χ3v) is 4.56. The van der Waals surface area contributed by atoms with E-state index in [1.54, 1.807) is 7.11 Å². The summed E-state index contributed by atoms with van der Waals surface area (Å²) in [5.74, 6) is 0.853. The van der Waals surface area contributed by atoms with Gasteiger partial charge in [0.2, 0.25) is 0 Å². The molecule has 0 aromatic heterocycles. The number of hydrogen-bond donors (Lipinski definition) is 2. The number of aliphatic imine (C=N–C) groups is 1. The maximum Gasteiger partial charge on any atom is 0.191 e. The first kappa shape index (κ1) is 20.2. The largest absolute Gasteiger partial charge is 0.377 e. The summed E-state index contributed by atoms with van der Waals surface area (Å²) >= 11 is 0. The Kier molecular flexibility index (Phi) is 9.52. The molecular weight excluding hydrogens is 290 g/mol. The average molecular weight is 328 g/mol. The van der Waals surface area contributed by atoms with Crippen LogP contribution in [0.15, 0.2) is 4.99 Å². The zero-order valence-corrected chi connectivity index (χ0v) is 15.8. The zero-order chi connectivity index (χ0) is 17.1. The summed E-state index contributed by atoms with van der Waals surface area (Å²) in [4.78, 5) is 9.36. The van der Waals surface area contributed by atoms with Crippen molar-refractivity contribution in [2.24, 2.45) is 4.99 Å². The minimum Gasteiger partial charge on any atom is -0.377 e. The van der Waals surface area contributed by atoms with Gasteiger partial charge in [0.25, 0.3) is 0 Å². The van der Waals surface area contributed by atoms with Crippen molar-refractivity contribution in [2.75, 3.05) is 66.5 Å². The summed E-state index contributed by atoms with van der Waals surface area (Å²) in [5, 5.41) is 6.69. The van der Waals surface area contributed by atoms with E-state index in [9.17, 15) is 0 Å². The Balaban J connectivity index is 2.07. The monoisotopic (exact) mass is 327 g/mol. The molecule has 0 aromatic carbocycles. The van der Waals surface area contributed by atoms with Crippen molar-refractivity contribution in [1.29, 1.82) is 0 Å². The molecule has 0 bridgehead atoms. The van der Waals surface area contributed by atoms with Gasteiger partial charge in [0.1, 0.15) is 0 Å². The maximum atomic E-state index is 5.40. The van der Waals surface area contributed by atoms with Gasteiger partial charge < -0.3 is 25.2 Å². The molecule has 1 rings (SSSR count). The van der Waals surface area contributed by atoms with E-state index in [2.05, 4.69) is 46.2 Å². The molecule has 0 atom stereocenters. The first-order chi connectivity index (χ1) is 11.0. The number of guanidine groups is 1. The number of likely N-dealkylation sites (N-methyl/N-ethyl adjacent to an activating group) is 1. The predicted octanol–water partition coefficient (Wildman–Crippen LogP) is 0.994. The molecule has 1 fully saturated rings. The van der Waals surface area contributed by atoms with Crippen LogP contribution in [0.5, 0.6) is 0 Å². The van der Waals surface area contributed by atoms with Crippen LogP contribution in [0.3, 0.4) is 0 Å². The summed E-state index contributed by atoms with van der Waals surface area (Å²) in [6.07, 6.45) is 2.40. The zero-order valence-electron chi connectivity index (χ0n) is 15.8. The first-order valence-electron chi connectivity index (χ1n) is 8.95. The molecule has 0 radical (unpaired) electrons. The number of rotatable bonds is 9. The number of unbranched alkanes of at least 4 members (excludes halogenated alkanes) is 1. The number of ether oxygens (including phenoxy) is 1. The SMILES string of the molecule is CCN1CCN(CCCCNC(=NC)NCC(C)(C)OC)CC1. The van der Waals surface area contributed by atoms with Crippen molar-refractivity contribution in [3.05, 3.63) is 0 Å². The lowest BCUT2D eigenvalue weighted by atomic mass is 10.1. The highest BCUT2D eigenvalue weighted by molar-refractivity contribution is 5.79. The highest BCUT2D eigenvalue weighted by Gasteiger charge is 2.16. The average Bonchev–Trinajstić information content (AvgIpc) is 2.57. The molecule has 0 amide bonds. The van der Waals surface area contributed by atoms with Crippen LogP contribution in [0, 0.1) is 0 Å². The summed E-state index contributed by atoms with van der Waals surface area (Å²) in [7, 11) is 3.54. The molecule has 0 unspecified atom stereocenters.